The number of rotatable bonds is 1. The molecule has 1 atom stereocenters. The molecule has 0 aromatic rings. The van der Waals surface area contributed by atoms with Crippen LogP contribution in [-0.2, 0) is 4.74 Å². The summed E-state index contributed by atoms with van der Waals surface area (Å²) < 4.78 is 38.4. The van der Waals surface area contributed by atoms with Crippen LogP contribution in [-0.4, -0.2) is 19.1 Å². The van der Waals surface area contributed by atoms with Crippen molar-refractivity contribution >= 4 is 0 Å². The van der Waals surface area contributed by atoms with Gasteiger partial charge < -0.3 is 0 Å². The number of ether oxygens (including phenoxy) is 1. The van der Waals surface area contributed by atoms with Gasteiger partial charge in [0.1, 0.15) is 6.23 Å². The minimum absolute atomic E-state index is 0.581. The van der Waals surface area contributed by atoms with E-state index in [4.69, 9.17) is 0 Å². The Morgan fingerprint density at radius 1 is 1.45 bits per heavy atom. The fraction of sp³-hybridized carbons (Fsp3) is 0.833. The summed E-state index contributed by atoms with van der Waals surface area (Å²) in [6.45, 7) is 0.581. The summed E-state index contributed by atoms with van der Waals surface area (Å²) >= 11 is 0. The fourth-order valence-corrected chi connectivity index (χ4v) is 0.933. The van der Waals surface area contributed by atoms with Gasteiger partial charge in [-0.3, -0.25) is 10.1 Å². The average Bonchev–Trinajstić information content (AvgIpc) is 1.85. The molecular formula is C6H9F3NO. The lowest BCUT2D eigenvalue weighted by atomic mass is 10.1. The second-order valence-electron chi connectivity index (χ2n) is 2.32. The lowest BCUT2D eigenvalue weighted by molar-refractivity contribution is -0.342. The summed E-state index contributed by atoms with van der Waals surface area (Å²) in [5.41, 5.74) is 0. The third-order valence-corrected chi connectivity index (χ3v) is 1.37. The molecule has 11 heavy (non-hydrogen) atoms. The first-order chi connectivity index (χ1) is 5.08. The SMILES string of the molecule is FC(F)(F)OC1[CH]CCCN1. The van der Waals surface area contributed by atoms with Crippen molar-refractivity contribution in [3.63, 3.8) is 0 Å². The molecule has 1 saturated heterocycles. The van der Waals surface area contributed by atoms with Crippen LogP contribution < -0.4 is 5.32 Å². The smallest absolute Gasteiger partial charge is 0.292 e. The van der Waals surface area contributed by atoms with Crippen molar-refractivity contribution in [3.05, 3.63) is 6.42 Å². The Morgan fingerprint density at radius 3 is 2.64 bits per heavy atom. The van der Waals surface area contributed by atoms with Gasteiger partial charge in [-0.1, -0.05) is 0 Å². The van der Waals surface area contributed by atoms with Crippen LogP contribution in [0.25, 0.3) is 0 Å². The van der Waals surface area contributed by atoms with E-state index in [1.165, 1.54) is 6.42 Å². The highest BCUT2D eigenvalue weighted by molar-refractivity contribution is 4.80. The highest BCUT2D eigenvalue weighted by Gasteiger charge is 2.33. The zero-order valence-electron chi connectivity index (χ0n) is 5.82. The van der Waals surface area contributed by atoms with Crippen molar-refractivity contribution in [1.29, 1.82) is 0 Å². The molecule has 5 heteroatoms. The van der Waals surface area contributed by atoms with Crippen LogP contribution in [0.3, 0.4) is 0 Å². The first-order valence-electron chi connectivity index (χ1n) is 3.39. The molecule has 0 aromatic carbocycles. The molecule has 0 bridgehead atoms. The molecule has 1 unspecified atom stereocenters. The zero-order chi connectivity index (χ0) is 8.32. The van der Waals surface area contributed by atoms with Gasteiger partial charge in [-0.25, -0.2) is 0 Å². The highest BCUT2D eigenvalue weighted by Crippen LogP contribution is 2.20. The third-order valence-electron chi connectivity index (χ3n) is 1.37. The second kappa shape index (κ2) is 3.40. The van der Waals surface area contributed by atoms with Gasteiger partial charge in [-0.05, 0) is 19.4 Å². The van der Waals surface area contributed by atoms with E-state index in [1.807, 2.05) is 0 Å². The topological polar surface area (TPSA) is 21.3 Å². The van der Waals surface area contributed by atoms with E-state index >= 15 is 0 Å². The minimum atomic E-state index is -4.54. The molecule has 1 fully saturated rings. The number of halogens is 3. The monoisotopic (exact) mass is 168 g/mol. The van der Waals surface area contributed by atoms with Gasteiger partial charge in [0.25, 0.3) is 0 Å². The predicted octanol–water partition coefficient (Wildman–Crippen LogP) is 1.44. The van der Waals surface area contributed by atoms with E-state index < -0.39 is 12.6 Å². The maximum Gasteiger partial charge on any atom is 0.524 e. The molecule has 1 heterocycles. The van der Waals surface area contributed by atoms with Crippen LogP contribution in [0.15, 0.2) is 0 Å². The van der Waals surface area contributed by atoms with E-state index in [9.17, 15) is 13.2 Å². The Labute approximate surface area is 62.7 Å². The molecule has 1 rings (SSSR count). The Hall–Kier alpha value is -0.290. The highest BCUT2D eigenvalue weighted by atomic mass is 19.4. The first-order valence-corrected chi connectivity index (χ1v) is 3.39. The predicted molar refractivity (Wildman–Crippen MR) is 32.5 cm³/mol. The molecule has 0 aromatic heterocycles. The Morgan fingerprint density at radius 2 is 2.18 bits per heavy atom. The molecule has 0 aliphatic carbocycles. The standard InChI is InChI=1S/C6H9F3NO/c7-6(8,9)11-5-3-1-2-4-10-5/h3,5,10H,1-2,4H2. The molecule has 1 N–H and O–H groups in total. The van der Waals surface area contributed by atoms with Gasteiger partial charge in [0.15, 0.2) is 0 Å². The molecule has 2 nitrogen and oxygen atoms in total. The first kappa shape index (κ1) is 8.80. The average molecular weight is 168 g/mol. The van der Waals surface area contributed by atoms with Crippen LogP contribution in [0.2, 0.25) is 0 Å². The largest absolute Gasteiger partial charge is 0.524 e. The van der Waals surface area contributed by atoms with E-state index in [2.05, 4.69) is 10.1 Å². The van der Waals surface area contributed by atoms with Crippen LogP contribution in [0.1, 0.15) is 12.8 Å². The fourth-order valence-electron chi connectivity index (χ4n) is 0.933. The van der Waals surface area contributed by atoms with Crippen molar-refractivity contribution in [2.24, 2.45) is 0 Å². The van der Waals surface area contributed by atoms with Crippen molar-refractivity contribution in [2.45, 2.75) is 25.4 Å². The summed E-state index contributed by atoms with van der Waals surface area (Å²) in [6.07, 6.45) is -2.46. The maximum atomic E-state index is 11.6. The van der Waals surface area contributed by atoms with Crippen LogP contribution >= 0.6 is 0 Å². The summed E-state index contributed by atoms with van der Waals surface area (Å²) in [5, 5.41) is 2.58. The molecule has 1 aliphatic rings. The number of hydrogen-bond acceptors (Lipinski definition) is 2. The molecule has 0 saturated carbocycles. The Kier molecular flexibility index (Phi) is 2.72. The third kappa shape index (κ3) is 3.57. The summed E-state index contributed by atoms with van der Waals surface area (Å²) in [7, 11) is 0. The quantitative estimate of drug-likeness (QED) is 0.639. The number of nitrogens with one attached hydrogen (secondary N) is 1. The lowest BCUT2D eigenvalue weighted by Gasteiger charge is -2.23. The van der Waals surface area contributed by atoms with Crippen LogP contribution in [0.5, 0.6) is 0 Å². The number of alkyl halides is 3. The van der Waals surface area contributed by atoms with Gasteiger partial charge in [0.2, 0.25) is 0 Å². The maximum absolute atomic E-state index is 11.6. The van der Waals surface area contributed by atoms with Gasteiger partial charge in [0, 0.05) is 6.42 Å². The van der Waals surface area contributed by atoms with Crippen LogP contribution in [0, 0.1) is 6.42 Å². The molecule has 65 valence electrons. The summed E-state index contributed by atoms with van der Waals surface area (Å²) in [4.78, 5) is 0. The minimum Gasteiger partial charge on any atom is -0.292 e. The molecular weight excluding hydrogens is 159 g/mol. The van der Waals surface area contributed by atoms with Crippen molar-refractivity contribution in [2.75, 3.05) is 6.54 Å². The van der Waals surface area contributed by atoms with Gasteiger partial charge in [-0.15, -0.1) is 13.2 Å². The summed E-state index contributed by atoms with van der Waals surface area (Å²) in [6, 6.07) is 0. The van der Waals surface area contributed by atoms with E-state index in [0.29, 0.717) is 13.0 Å². The lowest BCUT2D eigenvalue weighted by Crippen LogP contribution is -2.40. The molecule has 0 spiro atoms. The van der Waals surface area contributed by atoms with E-state index in [1.54, 1.807) is 0 Å². The van der Waals surface area contributed by atoms with E-state index in [-0.39, 0.29) is 0 Å². The van der Waals surface area contributed by atoms with Crippen molar-refractivity contribution in [3.8, 4) is 0 Å². The number of hydrogen-bond donors (Lipinski definition) is 1. The zero-order valence-corrected chi connectivity index (χ0v) is 5.82. The Bertz CT molecular complexity index is 119. The Balaban J connectivity index is 2.24. The van der Waals surface area contributed by atoms with Crippen molar-refractivity contribution < 1.29 is 17.9 Å². The normalized spacial score (nSPS) is 27.0. The molecule has 0 amide bonds. The molecule has 1 aliphatic heterocycles. The van der Waals surface area contributed by atoms with Crippen molar-refractivity contribution in [1.82, 2.24) is 5.32 Å². The van der Waals surface area contributed by atoms with Crippen LogP contribution in [0.4, 0.5) is 13.2 Å². The van der Waals surface area contributed by atoms with Gasteiger partial charge in [0.05, 0.1) is 0 Å². The van der Waals surface area contributed by atoms with Gasteiger partial charge in [-0.2, -0.15) is 0 Å². The van der Waals surface area contributed by atoms with E-state index in [0.717, 1.165) is 6.42 Å². The summed E-state index contributed by atoms with van der Waals surface area (Å²) in [5.74, 6) is 0. The van der Waals surface area contributed by atoms with Gasteiger partial charge >= 0.3 is 6.36 Å². The second-order valence-corrected chi connectivity index (χ2v) is 2.32. The molecule has 1 radical (unpaired) electrons. The number of piperidine rings is 1.